The first-order chi connectivity index (χ1) is 8.32. The van der Waals surface area contributed by atoms with Crippen LogP contribution in [0.5, 0.6) is 0 Å². The van der Waals surface area contributed by atoms with E-state index in [2.05, 4.69) is 0 Å². The van der Waals surface area contributed by atoms with E-state index < -0.39 is 14.5 Å². The molecular formula is C12H24NO4P. The Balaban J connectivity index is 2.54. The molecule has 0 bridgehead atoms. The summed E-state index contributed by atoms with van der Waals surface area (Å²) in [4.78, 5) is 23.3. The van der Waals surface area contributed by atoms with Gasteiger partial charge in [0.25, 0.3) is 0 Å². The summed E-state index contributed by atoms with van der Waals surface area (Å²) in [5.41, 5.74) is 0.0839. The van der Waals surface area contributed by atoms with Crippen molar-refractivity contribution in [2.75, 3.05) is 13.2 Å². The predicted octanol–water partition coefficient (Wildman–Crippen LogP) is 1.33. The van der Waals surface area contributed by atoms with Crippen LogP contribution in [0, 0.1) is 5.92 Å². The number of nitrogens with zero attached hydrogens (tertiary/aromatic N) is 1. The van der Waals surface area contributed by atoms with Gasteiger partial charge in [0.1, 0.15) is 0 Å². The van der Waals surface area contributed by atoms with Crippen molar-refractivity contribution >= 4 is 14.3 Å². The van der Waals surface area contributed by atoms with Gasteiger partial charge in [0.15, 0.2) is 8.38 Å². The van der Waals surface area contributed by atoms with Crippen LogP contribution in [0.3, 0.4) is 0 Å². The van der Waals surface area contributed by atoms with Crippen molar-refractivity contribution in [3.05, 3.63) is 0 Å². The summed E-state index contributed by atoms with van der Waals surface area (Å²) in [6.07, 6.45) is 0.0463. The number of aliphatic hydroxyl groups excluding tert-OH is 1. The molecule has 0 aromatic heterocycles. The highest BCUT2D eigenvalue weighted by Gasteiger charge is 2.35. The topological polar surface area (TPSA) is 70.0 Å². The van der Waals surface area contributed by atoms with E-state index in [0.717, 1.165) is 0 Å². The third-order valence-corrected chi connectivity index (χ3v) is 4.31. The molecule has 0 aromatic rings. The lowest BCUT2D eigenvalue weighted by Gasteiger charge is -2.27. The number of carbonyl (C=O) groups excluding carboxylic acids is 1. The fourth-order valence-electron chi connectivity index (χ4n) is 1.96. The van der Waals surface area contributed by atoms with E-state index in [-0.39, 0.29) is 23.5 Å². The second-order valence-corrected chi connectivity index (χ2v) is 7.28. The molecule has 1 aliphatic rings. The Morgan fingerprint density at radius 3 is 2.56 bits per heavy atom. The number of carbonyl (C=O) groups is 1. The van der Waals surface area contributed by atoms with E-state index in [1.54, 1.807) is 4.90 Å². The number of rotatable bonds is 5. The Bertz CT molecular complexity index is 285. The number of hydrogen-bond donors (Lipinski definition) is 2. The molecule has 0 spiro atoms. The maximum Gasteiger partial charge on any atom is 0.225 e. The van der Waals surface area contributed by atoms with Crippen LogP contribution in [0.25, 0.3) is 0 Å². The summed E-state index contributed by atoms with van der Waals surface area (Å²) in [6.45, 7) is 8.15. The fourth-order valence-corrected chi connectivity index (χ4v) is 2.59. The summed E-state index contributed by atoms with van der Waals surface area (Å²) in [7, 11) is -1.44. The van der Waals surface area contributed by atoms with Gasteiger partial charge in [-0.2, -0.15) is 0 Å². The summed E-state index contributed by atoms with van der Waals surface area (Å²) in [6, 6.07) is -0.120. The molecule has 3 unspecified atom stereocenters. The van der Waals surface area contributed by atoms with Crippen molar-refractivity contribution < 1.29 is 19.3 Å². The van der Waals surface area contributed by atoms with E-state index in [4.69, 9.17) is 4.52 Å². The monoisotopic (exact) mass is 277 g/mol. The molecule has 1 amide bonds. The lowest BCUT2D eigenvalue weighted by Crippen LogP contribution is -2.40. The van der Waals surface area contributed by atoms with Crippen LogP contribution >= 0.6 is 8.38 Å². The van der Waals surface area contributed by atoms with Gasteiger partial charge in [-0.3, -0.25) is 4.79 Å². The molecule has 3 atom stereocenters. The number of β-amino-alcohol motifs (C(OH)–C–C–N with tert-alkyl or cyclic N) is 1. The van der Waals surface area contributed by atoms with Gasteiger partial charge in [0.2, 0.25) is 5.91 Å². The standard InChI is InChI=1S/C12H24NO4P/c1-8(2)12(15)13-6-11(14)5-10(13)7-17-18(16)9(3)4/h8-11,14,16H,5-7H2,1-4H3. The molecule has 2 N–H and O–H groups in total. The van der Waals surface area contributed by atoms with Gasteiger partial charge in [0, 0.05) is 18.1 Å². The van der Waals surface area contributed by atoms with Crippen LogP contribution in [0.1, 0.15) is 34.1 Å². The average molecular weight is 277 g/mol. The van der Waals surface area contributed by atoms with E-state index >= 15 is 0 Å². The normalized spacial score (nSPS) is 26.1. The highest BCUT2D eigenvalue weighted by Crippen LogP contribution is 2.38. The zero-order valence-electron chi connectivity index (χ0n) is 11.5. The maximum absolute atomic E-state index is 12.0. The van der Waals surface area contributed by atoms with Gasteiger partial charge >= 0.3 is 0 Å². The first kappa shape index (κ1) is 15.8. The van der Waals surface area contributed by atoms with Gasteiger partial charge < -0.3 is 19.4 Å². The Morgan fingerprint density at radius 1 is 1.44 bits per heavy atom. The first-order valence-corrected chi connectivity index (χ1v) is 7.70. The number of aliphatic hydroxyl groups is 1. The molecule has 0 aliphatic carbocycles. The Labute approximate surface area is 110 Å². The first-order valence-electron chi connectivity index (χ1n) is 6.42. The molecule has 6 heteroatoms. The summed E-state index contributed by atoms with van der Waals surface area (Å²) in [5, 5.41) is 9.67. The quantitative estimate of drug-likeness (QED) is 0.744. The molecule has 1 saturated heterocycles. The lowest BCUT2D eigenvalue weighted by molar-refractivity contribution is -0.136. The minimum absolute atomic E-state index is 0.0342. The summed E-state index contributed by atoms with van der Waals surface area (Å²) >= 11 is 0. The highest BCUT2D eigenvalue weighted by atomic mass is 31.2. The third kappa shape index (κ3) is 4.16. The van der Waals surface area contributed by atoms with Crippen molar-refractivity contribution in [1.82, 2.24) is 4.90 Å². The Morgan fingerprint density at radius 2 is 2.06 bits per heavy atom. The third-order valence-electron chi connectivity index (χ3n) is 3.01. The van der Waals surface area contributed by atoms with Crippen LogP contribution in [-0.4, -0.2) is 51.8 Å². The molecule has 106 valence electrons. The van der Waals surface area contributed by atoms with Crippen LogP contribution in [0.15, 0.2) is 0 Å². The Kier molecular flexibility index (Phi) is 5.99. The maximum atomic E-state index is 12.0. The van der Waals surface area contributed by atoms with Crippen molar-refractivity contribution in [1.29, 1.82) is 0 Å². The predicted molar refractivity (Wildman–Crippen MR) is 71.2 cm³/mol. The van der Waals surface area contributed by atoms with Crippen LogP contribution in [0.2, 0.25) is 0 Å². The van der Waals surface area contributed by atoms with E-state index in [0.29, 0.717) is 19.6 Å². The number of likely N-dealkylation sites (tertiary alicyclic amines) is 1. The molecule has 1 rings (SSSR count). The fraction of sp³-hybridized carbons (Fsp3) is 0.917. The minimum atomic E-state index is -1.44. The van der Waals surface area contributed by atoms with Gasteiger partial charge in [-0.25, -0.2) is 0 Å². The van der Waals surface area contributed by atoms with Gasteiger partial charge in [-0.05, 0) is 6.42 Å². The molecular weight excluding hydrogens is 253 g/mol. The lowest BCUT2D eigenvalue weighted by atomic mass is 10.1. The summed E-state index contributed by atoms with van der Waals surface area (Å²) in [5.74, 6) is -0.0505. The zero-order valence-corrected chi connectivity index (χ0v) is 12.4. The van der Waals surface area contributed by atoms with E-state index in [1.807, 2.05) is 27.7 Å². The molecule has 1 aliphatic heterocycles. The molecule has 0 saturated carbocycles. The van der Waals surface area contributed by atoms with Crippen molar-refractivity contribution in [2.45, 2.75) is 51.9 Å². The smallest absolute Gasteiger partial charge is 0.225 e. The van der Waals surface area contributed by atoms with E-state index in [1.165, 1.54) is 0 Å². The SMILES string of the molecule is CC(C)C(=O)N1CC(O)CC1COP(O)C(C)C. The number of hydrogen-bond acceptors (Lipinski definition) is 4. The van der Waals surface area contributed by atoms with Crippen molar-refractivity contribution in [2.24, 2.45) is 5.92 Å². The largest absolute Gasteiger partial charge is 0.391 e. The number of amides is 1. The van der Waals surface area contributed by atoms with Crippen LogP contribution < -0.4 is 0 Å². The zero-order chi connectivity index (χ0) is 13.9. The van der Waals surface area contributed by atoms with E-state index in [9.17, 15) is 14.8 Å². The molecule has 1 fully saturated rings. The summed E-state index contributed by atoms with van der Waals surface area (Å²) < 4.78 is 5.41. The second-order valence-electron chi connectivity index (χ2n) is 5.38. The molecule has 0 radical (unpaired) electrons. The van der Waals surface area contributed by atoms with Crippen molar-refractivity contribution in [3.63, 3.8) is 0 Å². The average Bonchev–Trinajstić information content (AvgIpc) is 2.65. The molecule has 0 aromatic carbocycles. The van der Waals surface area contributed by atoms with Gasteiger partial charge in [-0.15, -0.1) is 0 Å². The molecule has 1 heterocycles. The van der Waals surface area contributed by atoms with Gasteiger partial charge in [-0.1, -0.05) is 27.7 Å². The molecule has 18 heavy (non-hydrogen) atoms. The minimum Gasteiger partial charge on any atom is -0.391 e. The van der Waals surface area contributed by atoms with Crippen LogP contribution in [-0.2, 0) is 9.32 Å². The highest BCUT2D eigenvalue weighted by molar-refractivity contribution is 7.46. The van der Waals surface area contributed by atoms with Gasteiger partial charge in [0.05, 0.1) is 18.8 Å². The second kappa shape index (κ2) is 6.80. The van der Waals surface area contributed by atoms with Crippen LogP contribution in [0.4, 0.5) is 0 Å². The van der Waals surface area contributed by atoms with Crippen molar-refractivity contribution in [3.8, 4) is 0 Å². The Hall–Kier alpha value is -0.220. The molecule has 5 nitrogen and oxygen atoms in total.